The van der Waals surface area contributed by atoms with E-state index in [2.05, 4.69) is 42.9 Å². The third-order valence-electron chi connectivity index (χ3n) is 3.13. The van der Waals surface area contributed by atoms with E-state index in [1.54, 1.807) is 6.20 Å². The highest BCUT2D eigenvalue weighted by Crippen LogP contribution is 2.17. The summed E-state index contributed by atoms with van der Waals surface area (Å²) in [6, 6.07) is 3.89. The van der Waals surface area contributed by atoms with Gasteiger partial charge in [0.05, 0.1) is 11.9 Å². The number of nitrogens with zero attached hydrogens (tertiary/aromatic N) is 2. The van der Waals surface area contributed by atoms with Crippen LogP contribution >= 0.6 is 0 Å². The first-order valence-corrected chi connectivity index (χ1v) is 8.13. The lowest BCUT2D eigenvalue weighted by molar-refractivity contribution is -0.116. The Morgan fingerprint density at radius 3 is 2.32 bits per heavy atom. The molecule has 0 saturated heterocycles. The van der Waals surface area contributed by atoms with Gasteiger partial charge in [0.25, 0.3) is 0 Å². The maximum absolute atomic E-state index is 11.7. The number of anilines is 2. The van der Waals surface area contributed by atoms with Crippen molar-refractivity contribution in [3.05, 3.63) is 18.3 Å². The van der Waals surface area contributed by atoms with Gasteiger partial charge in [-0.1, -0.05) is 27.7 Å². The van der Waals surface area contributed by atoms with Crippen LogP contribution in [0.1, 0.15) is 40.5 Å². The number of nitrogens with two attached hydrogens (primary N) is 1. The lowest BCUT2D eigenvalue weighted by Gasteiger charge is -2.27. The van der Waals surface area contributed by atoms with Gasteiger partial charge in [-0.25, -0.2) is 4.98 Å². The van der Waals surface area contributed by atoms with Crippen molar-refractivity contribution in [1.29, 1.82) is 0 Å². The molecule has 0 bridgehead atoms. The molecule has 0 spiro atoms. The molecule has 0 atom stereocenters. The summed E-state index contributed by atoms with van der Waals surface area (Å²) in [5, 5.41) is 2.85. The molecule has 0 radical (unpaired) electrons. The van der Waals surface area contributed by atoms with Crippen LogP contribution in [-0.2, 0) is 4.79 Å². The number of nitrogens with one attached hydrogen (secondary N) is 1. The number of rotatable bonds is 9. The molecule has 0 saturated carbocycles. The number of hydrogen-bond acceptors (Lipinski definition) is 4. The van der Waals surface area contributed by atoms with Crippen LogP contribution in [0.15, 0.2) is 18.3 Å². The SMILES string of the molecule is CC(C)CN(CC(C)C)c1ccc(NC(=O)CCCN)cn1. The fourth-order valence-electron chi connectivity index (χ4n) is 2.28. The Kier molecular flexibility index (Phi) is 7.88. The van der Waals surface area contributed by atoms with E-state index in [1.165, 1.54) is 0 Å². The smallest absolute Gasteiger partial charge is 0.224 e. The van der Waals surface area contributed by atoms with Crippen LogP contribution in [0, 0.1) is 11.8 Å². The monoisotopic (exact) mass is 306 g/mol. The molecule has 5 heteroatoms. The molecule has 5 nitrogen and oxygen atoms in total. The molecule has 0 aromatic carbocycles. The van der Waals surface area contributed by atoms with Gasteiger partial charge in [0.2, 0.25) is 5.91 Å². The largest absolute Gasteiger partial charge is 0.356 e. The maximum Gasteiger partial charge on any atom is 0.224 e. The highest BCUT2D eigenvalue weighted by molar-refractivity contribution is 5.90. The summed E-state index contributed by atoms with van der Waals surface area (Å²) < 4.78 is 0. The summed E-state index contributed by atoms with van der Waals surface area (Å²) in [6.07, 6.45) is 2.88. The summed E-state index contributed by atoms with van der Waals surface area (Å²) in [7, 11) is 0. The molecule has 1 rings (SSSR count). The van der Waals surface area contributed by atoms with E-state index in [-0.39, 0.29) is 5.91 Å². The van der Waals surface area contributed by atoms with Crippen LogP contribution in [0.5, 0.6) is 0 Å². The molecule has 0 unspecified atom stereocenters. The molecule has 0 aliphatic heterocycles. The Morgan fingerprint density at radius 1 is 1.23 bits per heavy atom. The molecule has 22 heavy (non-hydrogen) atoms. The van der Waals surface area contributed by atoms with Crippen LogP contribution in [0.4, 0.5) is 11.5 Å². The van der Waals surface area contributed by atoms with Crippen molar-refractivity contribution in [2.24, 2.45) is 17.6 Å². The summed E-state index contributed by atoms with van der Waals surface area (Å²) in [6.45, 7) is 11.3. The highest BCUT2D eigenvalue weighted by atomic mass is 16.1. The Morgan fingerprint density at radius 2 is 1.86 bits per heavy atom. The third-order valence-corrected chi connectivity index (χ3v) is 3.13. The lowest BCUT2D eigenvalue weighted by Crippen LogP contribution is -2.32. The molecule has 1 aromatic heterocycles. The van der Waals surface area contributed by atoms with Gasteiger partial charge in [-0.2, -0.15) is 0 Å². The minimum absolute atomic E-state index is 0.0128. The van der Waals surface area contributed by atoms with Gasteiger partial charge < -0.3 is 16.0 Å². The van der Waals surface area contributed by atoms with Gasteiger partial charge in [0.15, 0.2) is 0 Å². The minimum atomic E-state index is -0.0128. The predicted octanol–water partition coefficient (Wildman–Crippen LogP) is 2.88. The topological polar surface area (TPSA) is 71.2 Å². The van der Waals surface area contributed by atoms with Crippen molar-refractivity contribution in [2.75, 3.05) is 29.9 Å². The molecule has 3 N–H and O–H groups in total. The standard InChI is InChI=1S/C17H30N4O/c1-13(2)11-21(12-14(3)4)16-8-7-15(10-19-16)20-17(22)6-5-9-18/h7-8,10,13-14H,5-6,9,11-12,18H2,1-4H3,(H,20,22). The molecule has 1 aromatic rings. The first-order valence-electron chi connectivity index (χ1n) is 8.13. The first-order chi connectivity index (χ1) is 10.4. The maximum atomic E-state index is 11.7. The Hall–Kier alpha value is -1.62. The second kappa shape index (κ2) is 9.41. The van der Waals surface area contributed by atoms with Crippen molar-refractivity contribution in [1.82, 2.24) is 4.98 Å². The second-order valence-electron chi connectivity index (χ2n) is 6.54. The number of carbonyl (C=O) groups is 1. The van der Waals surface area contributed by atoms with Crippen LogP contribution in [0.3, 0.4) is 0 Å². The zero-order chi connectivity index (χ0) is 16.5. The van der Waals surface area contributed by atoms with Gasteiger partial charge in [-0.3, -0.25) is 4.79 Å². The molecular weight excluding hydrogens is 276 g/mol. The molecule has 0 aliphatic rings. The number of amides is 1. The Balaban J connectivity index is 2.69. The molecule has 0 fully saturated rings. The summed E-state index contributed by atoms with van der Waals surface area (Å²) in [5.74, 6) is 2.11. The third kappa shape index (κ3) is 6.89. The number of hydrogen-bond donors (Lipinski definition) is 2. The van der Waals surface area contributed by atoms with E-state index in [4.69, 9.17) is 5.73 Å². The number of pyridine rings is 1. The van der Waals surface area contributed by atoms with Crippen molar-refractivity contribution >= 4 is 17.4 Å². The fraction of sp³-hybridized carbons (Fsp3) is 0.647. The van der Waals surface area contributed by atoms with E-state index in [1.807, 2.05) is 12.1 Å². The van der Waals surface area contributed by atoms with Crippen molar-refractivity contribution in [2.45, 2.75) is 40.5 Å². The summed E-state index contributed by atoms with van der Waals surface area (Å²) in [5.41, 5.74) is 6.14. The van der Waals surface area contributed by atoms with E-state index in [0.717, 1.165) is 24.6 Å². The molecule has 1 amide bonds. The summed E-state index contributed by atoms with van der Waals surface area (Å²) in [4.78, 5) is 18.5. The van der Waals surface area contributed by atoms with E-state index < -0.39 is 0 Å². The lowest BCUT2D eigenvalue weighted by atomic mass is 10.1. The van der Waals surface area contributed by atoms with Crippen LogP contribution in [0.2, 0.25) is 0 Å². The molecule has 124 valence electrons. The molecule has 1 heterocycles. The average Bonchev–Trinajstić information content (AvgIpc) is 2.44. The van der Waals surface area contributed by atoms with E-state index >= 15 is 0 Å². The van der Waals surface area contributed by atoms with Crippen molar-refractivity contribution in [3.8, 4) is 0 Å². The number of aromatic nitrogens is 1. The normalized spacial score (nSPS) is 11.0. The Bertz CT molecular complexity index is 432. The zero-order valence-corrected chi connectivity index (χ0v) is 14.3. The summed E-state index contributed by atoms with van der Waals surface area (Å²) >= 11 is 0. The quantitative estimate of drug-likeness (QED) is 0.736. The van der Waals surface area contributed by atoms with Gasteiger partial charge in [0, 0.05) is 19.5 Å². The predicted molar refractivity (Wildman–Crippen MR) is 93.0 cm³/mol. The molecular formula is C17H30N4O. The van der Waals surface area contributed by atoms with E-state index in [9.17, 15) is 4.79 Å². The van der Waals surface area contributed by atoms with Gasteiger partial charge in [-0.05, 0) is 36.9 Å². The van der Waals surface area contributed by atoms with Crippen molar-refractivity contribution < 1.29 is 4.79 Å². The van der Waals surface area contributed by atoms with Crippen LogP contribution < -0.4 is 16.0 Å². The first kappa shape index (κ1) is 18.4. The highest BCUT2D eigenvalue weighted by Gasteiger charge is 2.12. The molecule has 0 aliphatic carbocycles. The van der Waals surface area contributed by atoms with Crippen LogP contribution in [0.25, 0.3) is 0 Å². The van der Waals surface area contributed by atoms with Gasteiger partial charge in [-0.15, -0.1) is 0 Å². The van der Waals surface area contributed by atoms with Crippen LogP contribution in [-0.4, -0.2) is 30.5 Å². The minimum Gasteiger partial charge on any atom is -0.356 e. The average molecular weight is 306 g/mol. The van der Waals surface area contributed by atoms with E-state index in [0.29, 0.717) is 31.2 Å². The second-order valence-corrected chi connectivity index (χ2v) is 6.54. The fourth-order valence-corrected chi connectivity index (χ4v) is 2.28. The van der Waals surface area contributed by atoms with Gasteiger partial charge >= 0.3 is 0 Å². The van der Waals surface area contributed by atoms with Gasteiger partial charge in [0.1, 0.15) is 5.82 Å². The van der Waals surface area contributed by atoms with Crippen molar-refractivity contribution in [3.63, 3.8) is 0 Å². The number of carbonyl (C=O) groups excluding carboxylic acids is 1. The Labute approximate surface area is 134 Å². The zero-order valence-electron chi connectivity index (χ0n) is 14.3.